The number of rotatable bonds is 3. The molecule has 0 saturated carbocycles. The first kappa shape index (κ1) is 14.6. The Morgan fingerprint density at radius 3 is 2.79 bits per heavy atom. The zero-order valence-electron chi connectivity index (χ0n) is 11.7. The fraction of sp³-hybridized carbons (Fsp3) is 0.643. The number of carbonyl (C=O) groups excluding carboxylic acids is 1. The van der Waals surface area contributed by atoms with Crippen LogP contribution in [0.3, 0.4) is 0 Å². The molecule has 2 aliphatic rings. The molecule has 0 spiro atoms. The van der Waals surface area contributed by atoms with Crippen molar-refractivity contribution in [1.82, 2.24) is 15.3 Å². The van der Waals surface area contributed by atoms with Gasteiger partial charge in [-0.2, -0.15) is 0 Å². The lowest BCUT2D eigenvalue weighted by Crippen LogP contribution is -2.53. The van der Waals surface area contributed by atoms with E-state index < -0.39 is 4.45 Å². The van der Waals surface area contributed by atoms with Crippen molar-refractivity contribution in [3.05, 3.63) is 24.4 Å². The van der Waals surface area contributed by atoms with Crippen molar-refractivity contribution in [2.24, 2.45) is 0 Å². The average molecular weight is 327 g/mol. The molecule has 5 heteroatoms. The van der Waals surface area contributed by atoms with E-state index in [1.54, 1.807) is 5.01 Å². The standard InChI is InChI=1S/C14H21BrN3O/c1-13(2)7-6-9-17(13)11-12(19)16-18-10-5-4-8-14(18,3)15/h4-5,10H,6-7,9,11H2,1-3H3,(H,16,19). The summed E-state index contributed by atoms with van der Waals surface area (Å²) in [4.78, 5) is 14.4. The second-order valence-corrected chi connectivity index (χ2v) is 7.39. The van der Waals surface area contributed by atoms with Crippen LogP contribution in [0.2, 0.25) is 0 Å². The van der Waals surface area contributed by atoms with Crippen molar-refractivity contribution >= 4 is 21.8 Å². The Morgan fingerprint density at radius 1 is 1.47 bits per heavy atom. The lowest BCUT2D eigenvalue weighted by Gasteiger charge is -2.36. The van der Waals surface area contributed by atoms with Gasteiger partial charge in [0.1, 0.15) is 4.45 Å². The van der Waals surface area contributed by atoms with E-state index in [0.717, 1.165) is 19.4 Å². The zero-order valence-corrected chi connectivity index (χ0v) is 13.3. The van der Waals surface area contributed by atoms with Gasteiger partial charge in [-0.25, -0.2) is 0 Å². The van der Waals surface area contributed by atoms with Gasteiger partial charge in [-0.1, -0.05) is 22.0 Å². The second-order valence-electron chi connectivity index (χ2n) is 5.85. The predicted molar refractivity (Wildman–Crippen MR) is 79.2 cm³/mol. The molecular formula is C14H21BrN3O. The third-order valence-corrected chi connectivity index (χ3v) is 4.39. The van der Waals surface area contributed by atoms with E-state index in [2.05, 4.69) is 46.2 Å². The van der Waals surface area contributed by atoms with Gasteiger partial charge in [0, 0.05) is 11.7 Å². The van der Waals surface area contributed by atoms with Crippen LogP contribution in [0.5, 0.6) is 0 Å². The van der Waals surface area contributed by atoms with Gasteiger partial charge in [-0.3, -0.25) is 20.1 Å². The number of halogens is 1. The minimum absolute atomic E-state index is 0.00833. The molecule has 105 valence electrons. The number of alkyl halides is 1. The molecule has 2 heterocycles. The van der Waals surface area contributed by atoms with E-state index >= 15 is 0 Å². The third-order valence-electron chi connectivity index (χ3n) is 3.78. The molecule has 2 aliphatic heterocycles. The molecule has 1 N–H and O–H groups in total. The molecular weight excluding hydrogens is 306 g/mol. The Hall–Kier alpha value is -0.810. The van der Waals surface area contributed by atoms with Crippen LogP contribution in [0.4, 0.5) is 0 Å². The maximum atomic E-state index is 12.2. The quantitative estimate of drug-likeness (QED) is 0.638. The van der Waals surface area contributed by atoms with Gasteiger partial charge in [-0.05, 0) is 52.3 Å². The SMILES string of the molecule is CC1(Br)[C]=CC=CN1NC(=O)CN1CCCC1(C)C. The van der Waals surface area contributed by atoms with Crippen LogP contribution in [-0.4, -0.2) is 38.9 Å². The number of hydrogen-bond donors (Lipinski definition) is 1. The fourth-order valence-corrected chi connectivity index (χ4v) is 2.82. The van der Waals surface area contributed by atoms with Gasteiger partial charge < -0.3 is 0 Å². The molecule has 0 bridgehead atoms. The molecule has 0 aromatic rings. The summed E-state index contributed by atoms with van der Waals surface area (Å²) >= 11 is 3.53. The first-order valence-corrected chi connectivity index (χ1v) is 7.41. The Labute approximate surface area is 123 Å². The predicted octanol–water partition coefficient (Wildman–Crippen LogP) is 2.19. The zero-order chi connectivity index (χ0) is 14.1. The van der Waals surface area contributed by atoms with Crippen LogP contribution in [0.25, 0.3) is 0 Å². The minimum Gasteiger partial charge on any atom is -0.289 e. The van der Waals surface area contributed by atoms with Crippen LogP contribution in [-0.2, 0) is 4.79 Å². The number of hydrazine groups is 1. The van der Waals surface area contributed by atoms with Crippen molar-refractivity contribution in [2.45, 2.75) is 43.6 Å². The molecule has 2 rings (SSSR count). The van der Waals surface area contributed by atoms with Gasteiger partial charge in [0.25, 0.3) is 5.91 Å². The average Bonchev–Trinajstić information content (AvgIpc) is 2.61. The van der Waals surface area contributed by atoms with Crippen LogP contribution in [0.15, 0.2) is 18.4 Å². The lowest BCUT2D eigenvalue weighted by molar-refractivity contribution is -0.127. The highest BCUT2D eigenvalue weighted by Crippen LogP contribution is 2.28. The molecule has 1 unspecified atom stereocenters. The number of allylic oxidation sites excluding steroid dienone is 2. The highest BCUT2D eigenvalue weighted by atomic mass is 79.9. The monoisotopic (exact) mass is 326 g/mol. The van der Waals surface area contributed by atoms with Crippen LogP contribution >= 0.6 is 15.9 Å². The van der Waals surface area contributed by atoms with Crippen molar-refractivity contribution in [3.8, 4) is 0 Å². The molecule has 1 saturated heterocycles. The van der Waals surface area contributed by atoms with Crippen LogP contribution < -0.4 is 5.43 Å². The second kappa shape index (κ2) is 5.29. The Balaban J connectivity index is 1.92. The van der Waals surface area contributed by atoms with E-state index in [1.807, 2.05) is 25.3 Å². The Kier molecular flexibility index (Phi) is 4.06. The smallest absolute Gasteiger partial charge is 0.252 e. The van der Waals surface area contributed by atoms with Crippen LogP contribution in [0, 0.1) is 6.08 Å². The Bertz CT molecular complexity index is 415. The van der Waals surface area contributed by atoms with E-state index in [9.17, 15) is 4.79 Å². The lowest BCUT2D eigenvalue weighted by atomic mass is 10.0. The van der Waals surface area contributed by atoms with Crippen LogP contribution in [0.1, 0.15) is 33.6 Å². The maximum Gasteiger partial charge on any atom is 0.252 e. The number of amides is 1. The van der Waals surface area contributed by atoms with Crippen molar-refractivity contribution in [1.29, 1.82) is 0 Å². The van der Waals surface area contributed by atoms with Gasteiger partial charge in [0.05, 0.1) is 6.54 Å². The normalized spacial score (nSPS) is 29.8. The number of carbonyl (C=O) groups is 1. The van der Waals surface area contributed by atoms with Crippen molar-refractivity contribution in [3.63, 3.8) is 0 Å². The summed E-state index contributed by atoms with van der Waals surface area (Å²) in [6.07, 6.45) is 11.0. The maximum absolute atomic E-state index is 12.2. The highest BCUT2D eigenvalue weighted by Gasteiger charge is 2.34. The van der Waals surface area contributed by atoms with Gasteiger partial charge in [0.15, 0.2) is 0 Å². The molecule has 1 fully saturated rings. The fourth-order valence-electron chi connectivity index (χ4n) is 2.48. The van der Waals surface area contributed by atoms with Gasteiger partial charge in [0.2, 0.25) is 0 Å². The van der Waals surface area contributed by atoms with E-state index in [4.69, 9.17) is 0 Å². The third kappa shape index (κ3) is 3.39. The molecule has 0 aliphatic carbocycles. The van der Waals surface area contributed by atoms with Crippen molar-refractivity contribution in [2.75, 3.05) is 13.1 Å². The van der Waals surface area contributed by atoms with Gasteiger partial charge >= 0.3 is 0 Å². The topological polar surface area (TPSA) is 35.6 Å². The summed E-state index contributed by atoms with van der Waals surface area (Å²) in [7, 11) is 0. The largest absolute Gasteiger partial charge is 0.289 e. The van der Waals surface area contributed by atoms with E-state index in [-0.39, 0.29) is 11.4 Å². The van der Waals surface area contributed by atoms with Crippen molar-refractivity contribution < 1.29 is 4.79 Å². The summed E-state index contributed by atoms with van der Waals surface area (Å²) < 4.78 is -0.488. The van der Waals surface area contributed by atoms with E-state index in [0.29, 0.717) is 6.54 Å². The number of hydrogen-bond acceptors (Lipinski definition) is 3. The first-order valence-electron chi connectivity index (χ1n) is 6.62. The molecule has 4 nitrogen and oxygen atoms in total. The molecule has 0 aromatic carbocycles. The Morgan fingerprint density at radius 2 is 2.21 bits per heavy atom. The summed E-state index contributed by atoms with van der Waals surface area (Å²) in [6, 6.07) is 0. The molecule has 0 aromatic heterocycles. The number of nitrogens with one attached hydrogen (secondary N) is 1. The molecule has 1 radical (unpaired) electrons. The van der Waals surface area contributed by atoms with Gasteiger partial charge in [-0.15, -0.1) is 0 Å². The first-order chi connectivity index (χ1) is 8.81. The summed E-state index contributed by atoms with van der Waals surface area (Å²) in [5.74, 6) is 0.00833. The summed E-state index contributed by atoms with van der Waals surface area (Å²) in [6.45, 7) is 7.75. The molecule has 1 amide bonds. The number of likely N-dealkylation sites (tertiary alicyclic amines) is 1. The summed E-state index contributed by atoms with van der Waals surface area (Å²) in [5, 5.41) is 1.73. The highest BCUT2D eigenvalue weighted by molar-refractivity contribution is 9.10. The summed E-state index contributed by atoms with van der Waals surface area (Å²) in [5.41, 5.74) is 3.03. The molecule has 19 heavy (non-hydrogen) atoms. The minimum atomic E-state index is -0.488. The number of nitrogens with zero attached hydrogens (tertiary/aromatic N) is 2. The molecule has 1 atom stereocenters. The van der Waals surface area contributed by atoms with E-state index in [1.165, 1.54) is 0 Å².